The Balaban J connectivity index is 0.000000131. The molecule has 0 fully saturated rings. The molecule has 0 aliphatic heterocycles. The summed E-state index contributed by atoms with van der Waals surface area (Å²) in [6, 6.07) is 16.3. The molecule has 4 heteroatoms. The molecule has 2 nitrogen and oxygen atoms in total. The average molecular weight is 310 g/mol. The Morgan fingerprint density at radius 1 is 0.952 bits per heavy atom. The molecule has 0 saturated carbocycles. The molecular formula is C17H14N2S2. The molecule has 0 N–H and O–H groups in total. The number of benzene rings is 2. The van der Waals surface area contributed by atoms with Crippen molar-refractivity contribution < 1.29 is 0 Å². The Kier molecular flexibility index (Phi) is 4.38. The van der Waals surface area contributed by atoms with Crippen LogP contribution in [0.5, 0.6) is 0 Å². The molecule has 2 heterocycles. The van der Waals surface area contributed by atoms with Crippen molar-refractivity contribution in [3.63, 3.8) is 0 Å². The van der Waals surface area contributed by atoms with Crippen LogP contribution in [0.3, 0.4) is 0 Å². The van der Waals surface area contributed by atoms with Gasteiger partial charge in [-0.05, 0) is 24.3 Å². The topological polar surface area (TPSA) is 25.8 Å². The molecule has 21 heavy (non-hydrogen) atoms. The number of rotatable bonds is 2. The number of para-hydroxylation sites is 2. The third-order valence-corrected chi connectivity index (χ3v) is 4.76. The van der Waals surface area contributed by atoms with Crippen molar-refractivity contribution in [1.82, 2.24) is 9.97 Å². The lowest BCUT2D eigenvalue weighted by atomic mass is 10.3. The molecule has 2 aromatic carbocycles. The zero-order chi connectivity index (χ0) is 14.5. The SMILES string of the molecule is C=CCc1nc2ccccc2s1.c1ccc2scnc2c1. The van der Waals surface area contributed by atoms with Crippen LogP contribution in [0.4, 0.5) is 0 Å². The Morgan fingerprint density at radius 2 is 1.67 bits per heavy atom. The van der Waals surface area contributed by atoms with Gasteiger partial charge in [0.05, 0.1) is 31.0 Å². The summed E-state index contributed by atoms with van der Waals surface area (Å²) in [4.78, 5) is 8.59. The molecule has 4 aromatic rings. The summed E-state index contributed by atoms with van der Waals surface area (Å²) in [6.07, 6.45) is 2.76. The average Bonchev–Trinajstić information content (AvgIpc) is 3.14. The number of fused-ring (bicyclic) bond motifs is 2. The number of aromatic nitrogens is 2. The molecule has 0 aliphatic rings. The number of thiazole rings is 2. The lowest BCUT2D eigenvalue weighted by Gasteiger charge is -1.81. The van der Waals surface area contributed by atoms with Crippen LogP contribution >= 0.6 is 22.7 Å². The Morgan fingerprint density at radius 3 is 2.38 bits per heavy atom. The number of hydrogen-bond acceptors (Lipinski definition) is 4. The summed E-state index contributed by atoms with van der Waals surface area (Å²) >= 11 is 3.42. The molecule has 0 bridgehead atoms. The fourth-order valence-corrected chi connectivity index (χ4v) is 3.58. The second-order valence-corrected chi connectivity index (χ2v) is 6.39. The second-order valence-electron chi connectivity index (χ2n) is 4.39. The first-order valence-electron chi connectivity index (χ1n) is 6.60. The standard InChI is InChI=1S/C10H9NS.C7H5NS/c1-2-5-10-11-8-6-3-4-7-9(8)12-10;1-2-4-7-6(3-1)8-5-9-7/h2-4,6-7H,1,5H2;1-5H. The summed E-state index contributed by atoms with van der Waals surface area (Å²) in [7, 11) is 0. The Hall–Kier alpha value is -2.04. The van der Waals surface area contributed by atoms with Crippen LogP contribution in [-0.4, -0.2) is 9.97 Å². The maximum Gasteiger partial charge on any atom is 0.0976 e. The van der Waals surface area contributed by atoms with Gasteiger partial charge in [-0.15, -0.1) is 29.3 Å². The smallest absolute Gasteiger partial charge is 0.0976 e. The minimum atomic E-state index is 0.874. The zero-order valence-corrected chi connectivity index (χ0v) is 13.0. The minimum Gasteiger partial charge on any atom is -0.245 e. The first-order chi connectivity index (χ1) is 10.4. The molecule has 0 unspecified atom stereocenters. The summed E-state index contributed by atoms with van der Waals surface area (Å²) in [5.74, 6) is 0. The van der Waals surface area contributed by atoms with E-state index >= 15 is 0 Å². The van der Waals surface area contributed by atoms with E-state index in [9.17, 15) is 0 Å². The summed E-state index contributed by atoms with van der Waals surface area (Å²) in [5, 5.41) is 1.14. The van der Waals surface area contributed by atoms with E-state index in [4.69, 9.17) is 0 Å². The normalized spacial score (nSPS) is 10.3. The molecule has 0 saturated heterocycles. The van der Waals surface area contributed by atoms with Crippen LogP contribution in [-0.2, 0) is 6.42 Å². The van der Waals surface area contributed by atoms with E-state index in [2.05, 4.69) is 28.7 Å². The van der Waals surface area contributed by atoms with Gasteiger partial charge in [0.25, 0.3) is 0 Å². The van der Waals surface area contributed by atoms with Crippen LogP contribution in [0.2, 0.25) is 0 Å². The van der Waals surface area contributed by atoms with Crippen molar-refractivity contribution in [2.24, 2.45) is 0 Å². The third kappa shape index (κ3) is 3.35. The van der Waals surface area contributed by atoms with Gasteiger partial charge < -0.3 is 0 Å². The van der Waals surface area contributed by atoms with E-state index in [0.717, 1.165) is 22.5 Å². The molecular weight excluding hydrogens is 296 g/mol. The molecule has 0 aliphatic carbocycles. The maximum absolute atomic E-state index is 4.45. The van der Waals surface area contributed by atoms with E-state index in [1.165, 1.54) is 9.40 Å². The van der Waals surface area contributed by atoms with Crippen molar-refractivity contribution in [1.29, 1.82) is 0 Å². The van der Waals surface area contributed by atoms with Gasteiger partial charge in [0, 0.05) is 6.42 Å². The fourth-order valence-electron chi connectivity index (χ4n) is 1.93. The lowest BCUT2D eigenvalue weighted by Crippen LogP contribution is -1.74. The quantitative estimate of drug-likeness (QED) is 0.468. The number of allylic oxidation sites excluding steroid dienone is 1. The number of hydrogen-bond donors (Lipinski definition) is 0. The predicted octanol–water partition coefficient (Wildman–Crippen LogP) is 5.32. The van der Waals surface area contributed by atoms with Gasteiger partial charge in [0.15, 0.2) is 0 Å². The summed E-state index contributed by atoms with van der Waals surface area (Å²) in [5.41, 5.74) is 4.06. The van der Waals surface area contributed by atoms with E-state index in [-0.39, 0.29) is 0 Å². The monoisotopic (exact) mass is 310 g/mol. The molecule has 0 atom stereocenters. The Bertz CT molecular complexity index is 798. The molecule has 0 amide bonds. The number of nitrogens with zero attached hydrogens (tertiary/aromatic N) is 2. The summed E-state index contributed by atoms with van der Waals surface area (Å²) < 4.78 is 2.52. The molecule has 4 rings (SSSR count). The van der Waals surface area contributed by atoms with Crippen molar-refractivity contribution in [2.75, 3.05) is 0 Å². The summed E-state index contributed by atoms with van der Waals surface area (Å²) in [6.45, 7) is 3.69. The van der Waals surface area contributed by atoms with E-state index in [1.54, 1.807) is 22.7 Å². The minimum absolute atomic E-state index is 0.874. The van der Waals surface area contributed by atoms with E-state index in [1.807, 2.05) is 48.0 Å². The van der Waals surface area contributed by atoms with Crippen LogP contribution in [0, 0.1) is 0 Å². The van der Waals surface area contributed by atoms with Gasteiger partial charge in [0.2, 0.25) is 0 Å². The van der Waals surface area contributed by atoms with E-state index < -0.39 is 0 Å². The Labute approximate surface area is 131 Å². The first-order valence-corrected chi connectivity index (χ1v) is 8.30. The van der Waals surface area contributed by atoms with Crippen molar-refractivity contribution in [3.8, 4) is 0 Å². The fraction of sp³-hybridized carbons (Fsp3) is 0.0588. The van der Waals surface area contributed by atoms with Crippen molar-refractivity contribution in [3.05, 3.63) is 71.7 Å². The largest absolute Gasteiger partial charge is 0.245 e. The van der Waals surface area contributed by atoms with Gasteiger partial charge >= 0.3 is 0 Å². The van der Waals surface area contributed by atoms with Crippen molar-refractivity contribution in [2.45, 2.75) is 6.42 Å². The third-order valence-electron chi connectivity index (χ3n) is 2.89. The highest BCUT2D eigenvalue weighted by molar-refractivity contribution is 7.18. The van der Waals surface area contributed by atoms with Gasteiger partial charge in [-0.3, -0.25) is 0 Å². The highest BCUT2D eigenvalue weighted by Crippen LogP contribution is 2.21. The first kappa shape index (κ1) is 13.9. The van der Waals surface area contributed by atoms with Crippen LogP contribution in [0.15, 0.2) is 66.7 Å². The van der Waals surface area contributed by atoms with Gasteiger partial charge in [-0.2, -0.15) is 0 Å². The molecule has 0 spiro atoms. The molecule has 104 valence electrons. The van der Waals surface area contributed by atoms with Crippen LogP contribution < -0.4 is 0 Å². The van der Waals surface area contributed by atoms with Gasteiger partial charge in [-0.25, -0.2) is 9.97 Å². The van der Waals surface area contributed by atoms with Crippen molar-refractivity contribution >= 4 is 43.1 Å². The highest BCUT2D eigenvalue weighted by Gasteiger charge is 1.99. The van der Waals surface area contributed by atoms with Gasteiger partial charge in [-0.1, -0.05) is 30.3 Å². The molecule has 2 aromatic heterocycles. The zero-order valence-electron chi connectivity index (χ0n) is 11.4. The van der Waals surface area contributed by atoms with Gasteiger partial charge in [0.1, 0.15) is 0 Å². The molecule has 0 radical (unpaired) electrons. The highest BCUT2D eigenvalue weighted by atomic mass is 32.1. The maximum atomic E-state index is 4.45. The predicted molar refractivity (Wildman–Crippen MR) is 93.1 cm³/mol. The van der Waals surface area contributed by atoms with E-state index in [0.29, 0.717) is 0 Å². The second kappa shape index (κ2) is 6.61. The lowest BCUT2D eigenvalue weighted by molar-refractivity contribution is 1.22. The van der Waals surface area contributed by atoms with Crippen LogP contribution in [0.25, 0.3) is 20.4 Å². The van der Waals surface area contributed by atoms with Crippen LogP contribution in [0.1, 0.15) is 5.01 Å².